The fraction of sp³-hybridized carbons (Fsp3) is 0.500. The molecule has 7 heteroatoms. The molecule has 0 amide bonds. The van der Waals surface area contributed by atoms with Gasteiger partial charge in [-0.1, -0.05) is 25.4 Å². The van der Waals surface area contributed by atoms with Crippen molar-refractivity contribution in [1.29, 1.82) is 0 Å². The van der Waals surface area contributed by atoms with Crippen molar-refractivity contribution in [3.8, 4) is 0 Å². The monoisotopic (exact) mass is 250 g/mol. The fourth-order valence-corrected chi connectivity index (χ4v) is 2.38. The average molecular weight is 251 g/mol. The molecule has 0 spiro atoms. The van der Waals surface area contributed by atoms with Gasteiger partial charge in [0.2, 0.25) is 0 Å². The van der Waals surface area contributed by atoms with Gasteiger partial charge >= 0.3 is 0 Å². The van der Waals surface area contributed by atoms with Gasteiger partial charge in [0.15, 0.2) is 19.9 Å². The van der Waals surface area contributed by atoms with Gasteiger partial charge in [-0.25, -0.2) is 13.4 Å². The van der Waals surface area contributed by atoms with Crippen LogP contribution in [0.3, 0.4) is 0 Å². The lowest BCUT2D eigenvalue weighted by Gasteiger charge is -2.06. The Hall–Kier alpha value is -0.880. The third-order valence-electron chi connectivity index (χ3n) is 1.77. The first kappa shape index (κ1) is 12.2. The largest absolute Gasteiger partial charge is 0.309 e. The molecule has 0 unspecified atom stereocenters. The van der Waals surface area contributed by atoms with Gasteiger partial charge in [0.25, 0.3) is 5.56 Å². The van der Waals surface area contributed by atoms with Crippen LogP contribution in [0.1, 0.15) is 25.6 Å². The minimum absolute atomic E-state index is 0.0242. The van der Waals surface area contributed by atoms with Crippen molar-refractivity contribution in [2.24, 2.45) is 0 Å². The second-order valence-corrected chi connectivity index (χ2v) is 5.81. The van der Waals surface area contributed by atoms with Gasteiger partial charge in [-0.05, 0) is 0 Å². The molecule has 0 fully saturated rings. The molecule has 0 saturated carbocycles. The Bertz CT molecular complexity index is 533. The third-order valence-corrected chi connectivity index (χ3v) is 3.28. The van der Waals surface area contributed by atoms with Crippen molar-refractivity contribution in [2.75, 3.05) is 6.26 Å². The number of sulfone groups is 1. The summed E-state index contributed by atoms with van der Waals surface area (Å²) >= 11 is 5.65. The van der Waals surface area contributed by atoms with E-state index in [1.54, 1.807) is 0 Å². The predicted octanol–water partition coefficient (Wildman–Crippen LogP) is 0.950. The number of aromatic amines is 1. The Kier molecular flexibility index (Phi) is 3.20. The summed E-state index contributed by atoms with van der Waals surface area (Å²) in [4.78, 5) is 17.2. The van der Waals surface area contributed by atoms with Gasteiger partial charge < -0.3 is 4.98 Å². The van der Waals surface area contributed by atoms with E-state index in [0.29, 0.717) is 5.82 Å². The van der Waals surface area contributed by atoms with Gasteiger partial charge in [0, 0.05) is 12.2 Å². The van der Waals surface area contributed by atoms with Crippen molar-refractivity contribution >= 4 is 21.4 Å². The Labute approximate surface area is 92.4 Å². The van der Waals surface area contributed by atoms with Crippen LogP contribution in [0, 0.1) is 0 Å². The van der Waals surface area contributed by atoms with E-state index in [9.17, 15) is 13.2 Å². The predicted molar refractivity (Wildman–Crippen MR) is 57.1 cm³/mol. The van der Waals surface area contributed by atoms with Crippen LogP contribution >= 0.6 is 11.6 Å². The average Bonchev–Trinajstić information content (AvgIpc) is 1.99. The number of hydrogen-bond acceptors (Lipinski definition) is 4. The van der Waals surface area contributed by atoms with Crippen LogP contribution in [0.15, 0.2) is 9.69 Å². The molecule has 0 radical (unpaired) electrons. The van der Waals surface area contributed by atoms with Crippen molar-refractivity contribution in [3.05, 3.63) is 21.3 Å². The number of nitrogens with zero attached hydrogens (tertiary/aromatic N) is 1. The van der Waals surface area contributed by atoms with E-state index in [1.807, 2.05) is 13.8 Å². The van der Waals surface area contributed by atoms with Crippen molar-refractivity contribution in [2.45, 2.75) is 24.7 Å². The lowest BCUT2D eigenvalue weighted by atomic mass is 10.2. The molecular weight excluding hydrogens is 240 g/mol. The smallest absolute Gasteiger partial charge is 0.271 e. The van der Waals surface area contributed by atoms with Crippen LogP contribution in [0.25, 0.3) is 0 Å². The molecule has 1 aromatic heterocycles. The van der Waals surface area contributed by atoms with Gasteiger partial charge in [0.05, 0.1) is 0 Å². The summed E-state index contributed by atoms with van der Waals surface area (Å²) in [6.07, 6.45) is 0.917. The molecule has 1 rings (SSSR count). The van der Waals surface area contributed by atoms with Crippen LogP contribution in [-0.4, -0.2) is 24.6 Å². The van der Waals surface area contributed by atoms with Crippen LogP contribution in [-0.2, 0) is 9.84 Å². The maximum absolute atomic E-state index is 11.5. The lowest BCUT2D eigenvalue weighted by molar-refractivity contribution is 0.599. The fourth-order valence-electron chi connectivity index (χ4n) is 1.05. The summed E-state index contributed by atoms with van der Waals surface area (Å²) in [6, 6.07) is 0. The minimum atomic E-state index is -3.64. The Morgan fingerprint density at radius 1 is 1.40 bits per heavy atom. The van der Waals surface area contributed by atoms with E-state index in [0.717, 1.165) is 6.26 Å². The highest BCUT2D eigenvalue weighted by Crippen LogP contribution is 2.16. The topological polar surface area (TPSA) is 79.9 Å². The number of rotatable bonds is 2. The Morgan fingerprint density at radius 3 is 2.27 bits per heavy atom. The standard InChI is InChI=1S/C8H11ClN2O3S/c1-4(2)7-10-6(9)5(8(12)11-7)15(3,13)14/h4H,1-3H3,(H,10,11,12). The quantitative estimate of drug-likeness (QED) is 0.793. The van der Waals surface area contributed by atoms with Gasteiger partial charge in [-0.3, -0.25) is 4.79 Å². The summed E-state index contributed by atoms with van der Waals surface area (Å²) in [5, 5.41) is -0.273. The van der Waals surface area contributed by atoms with Crippen molar-refractivity contribution in [1.82, 2.24) is 9.97 Å². The first-order valence-electron chi connectivity index (χ1n) is 4.23. The highest BCUT2D eigenvalue weighted by molar-refractivity contribution is 7.90. The molecule has 0 saturated heterocycles. The summed E-state index contributed by atoms with van der Waals surface area (Å²) in [5.41, 5.74) is -0.721. The number of halogens is 1. The lowest BCUT2D eigenvalue weighted by Crippen LogP contribution is -2.21. The van der Waals surface area contributed by atoms with Gasteiger partial charge in [0.1, 0.15) is 5.82 Å². The highest BCUT2D eigenvalue weighted by atomic mass is 35.5. The van der Waals surface area contributed by atoms with Gasteiger partial charge in [-0.2, -0.15) is 0 Å². The third kappa shape index (κ3) is 2.57. The second-order valence-electron chi connectivity index (χ2n) is 3.50. The van der Waals surface area contributed by atoms with E-state index in [-0.39, 0.29) is 11.1 Å². The zero-order valence-electron chi connectivity index (χ0n) is 8.54. The molecule has 0 atom stereocenters. The van der Waals surface area contributed by atoms with Crippen molar-refractivity contribution < 1.29 is 8.42 Å². The molecule has 1 aromatic rings. The molecule has 1 heterocycles. The molecule has 5 nitrogen and oxygen atoms in total. The summed E-state index contributed by atoms with van der Waals surface area (Å²) in [7, 11) is -3.64. The van der Waals surface area contributed by atoms with Gasteiger partial charge in [-0.15, -0.1) is 0 Å². The van der Waals surface area contributed by atoms with Crippen molar-refractivity contribution in [3.63, 3.8) is 0 Å². The Balaban J connectivity index is 3.56. The number of H-pyrrole nitrogens is 1. The zero-order valence-corrected chi connectivity index (χ0v) is 10.1. The van der Waals surface area contributed by atoms with Crippen LogP contribution in [0.2, 0.25) is 5.15 Å². The van der Waals surface area contributed by atoms with Crippen LogP contribution in [0.4, 0.5) is 0 Å². The molecular formula is C8H11ClN2O3S. The van der Waals surface area contributed by atoms with E-state index >= 15 is 0 Å². The molecule has 84 valence electrons. The summed E-state index contributed by atoms with van der Waals surface area (Å²) < 4.78 is 22.4. The van der Waals surface area contributed by atoms with E-state index in [2.05, 4.69) is 9.97 Å². The normalized spacial score (nSPS) is 12.1. The second kappa shape index (κ2) is 3.94. The van der Waals surface area contributed by atoms with E-state index in [4.69, 9.17) is 11.6 Å². The summed E-state index contributed by atoms with van der Waals surface area (Å²) in [5.74, 6) is 0.348. The Morgan fingerprint density at radius 2 is 1.93 bits per heavy atom. The summed E-state index contributed by atoms with van der Waals surface area (Å²) in [6.45, 7) is 3.63. The molecule has 0 bridgehead atoms. The highest BCUT2D eigenvalue weighted by Gasteiger charge is 2.20. The number of aromatic nitrogens is 2. The molecule has 0 aromatic carbocycles. The SMILES string of the molecule is CC(C)c1nc(Cl)c(S(C)(=O)=O)c(=O)[nH]1. The number of hydrogen-bond donors (Lipinski definition) is 1. The minimum Gasteiger partial charge on any atom is -0.309 e. The molecule has 0 aliphatic carbocycles. The molecule has 0 aliphatic rings. The first-order chi connectivity index (χ1) is 6.73. The number of nitrogens with one attached hydrogen (secondary N) is 1. The van der Waals surface area contributed by atoms with E-state index in [1.165, 1.54) is 0 Å². The zero-order chi connectivity index (χ0) is 11.8. The van der Waals surface area contributed by atoms with E-state index < -0.39 is 20.3 Å². The maximum Gasteiger partial charge on any atom is 0.271 e. The maximum atomic E-state index is 11.5. The van der Waals surface area contributed by atoms with Crippen LogP contribution in [0.5, 0.6) is 0 Å². The molecule has 15 heavy (non-hydrogen) atoms. The van der Waals surface area contributed by atoms with Crippen LogP contribution < -0.4 is 5.56 Å². The molecule has 0 aliphatic heterocycles. The molecule has 1 N–H and O–H groups in total. The first-order valence-corrected chi connectivity index (χ1v) is 6.50.